The van der Waals surface area contributed by atoms with E-state index in [4.69, 9.17) is 4.98 Å². The summed E-state index contributed by atoms with van der Waals surface area (Å²) in [4.78, 5) is 7.34. The lowest BCUT2D eigenvalue weighted by atomic mass is 9.90. The van der Waals surface area contributed by atoms with Crippen molar-refractivity contribution in [1.29, 1.82) is 0 Å². The molecule has 5 rings (SSSR count). The fourth-order valence-electron chi connectivity index (χ4n) is 4.22. The van der Waals surface area contributed by atoms with Gasteiger partial charge in [-0.05, 0) is 49.8 Å². The standard InChI is InChI=1S/C22H23N5/c1-16-24-25-22-21(23-19-9-5-6-10-20(19)27(16)22)26-13-11-18(12-14-26)15-17-7-3-2-4-8-17/h2-10,18H,11-15H2,1H3. The molecule has 1 saturated heterocycles. The van der Waals surface area contributed by atoms with Crippen molar-refractivity contribution in [3.8, 4) is 0 Å². The molecule has 0 amide bonds. The number of para-hydroxylation sites is 2. The van der Waals surface area contributed by atoms with Crippen molar-refractivity contribution in [3.05, 3.63) is 66.0 Å². The van der Waals surface area contributed by atoms with E-state index in [0.29, 0.717) is 0 Å². The quantitative estimate of drug-likeness (QED) is 0.555. The van der Waals surface area contributed by atoms with E-state index >= 15 is 0 Å². The van der Waals surface area contributed by atoms with Gasteiger partial charge in [0.15, 0.2) is 5.82 Å². The molecule has 3 heterocycles. The molecule has 0 unspecified atom stereocenters. The van der Waals surface area contributed by atoms with E-state index in [1.807, 2.05) is 19.1 Å². The van der Waals surface area contributed by atoms with Gasteiger partial charge < -0.3 is 4.90 Å². The van der Waals surface area contributed by atoms with Gasteiger partial charge in [0, 0.05) is 13.1 Å². The van der Waals surface area contributed by atoms with Crippen molar-refractivity contribution >= 4 is 22.5 Å². The second kappa shape index (κ2) is 6.65. The summed E-state index contributed by atoms with van der Waals surface area (Å²) < 4.78 is 2.13. The number of anilines is 1. The topological polar surface area (TPSA) is 46.3 Å². The smallest absolute Gasteiger partial charge is 0.204 e. The minimum atomic E-state index is 0.736. The minimum absolute atomic E-state index is 0.736. The first-order valence-electron chi connectivity index (χ1n) is 9.69. The number of fused-ring (bicyclic) bond motifs is 3. The summed E-state index contributed by atoms with van der Waals surface area (Å²) in [5.41, 5.74) is 4.37. The van der Waals surface area contributed by atoms with Crippen molar-refractivity contribution in [2.75, 3.05) is 18.0 Å². The number of hydrogen-bond donors (Lipinski definition) is 0. The Labute approximate surface area is 158 Å². The molecule has 0 spiro atoms. The van der Waals surface area contributed by atoms with Crippen LogP contribution in [0.4, 0.5) is 5.82 Å². The highest BCUT2D eigenvalue weighted by Crippen LogP contribution is 2.29. The number of aromatic nitrogens is 4. The molecule has 0 aliphatic carbocycles. The van der Waals surface area contributed by atoms with Crippen LogP contribution in [0.5, 0.6) is 0 Å². The lowest BCUT2D eigenvalue weighted by Gasteiger charge is -2.33. The van der Waals surface area contributed by atoms with Crippen LogP contribution >= 0.6 is 0 Å². The van der Waals surface area contributed by atoms with Gasteiger partial charge in [0.05, 0.1) is 11.0 Å². The number of hydrogen-bond acceptors (Lipinski definition) is 4. The molecule has 0 N–H and O–H groups in total. The lowest BCUT2D eigenvalue weighted by Crippen LogP contribution is -2.35. The summed E-state index contributed by atoms with van der Waals surface area (Å²) in [6.07, 6.45) is 3.53. The number of nitrogens with zero attached hydrogens (tertiary/aromatic N) is 5. The average molecular weight is 357 g/mol. The molecule has 27 heavy (non-hydrogen) atoms. The molecular formula is C22H23N5. The highest BCUT2D eigenvalue weighted by Gasteiger charge is 2.24. The Hall–Kier alpha value is -2.95. The van der Waals surface area contributed by atoms with Gasteiger partial charge in [0.25, 0.3) is 0 Å². The molecule has 0 bridgehead atoms. The van der Waals surface area contributed by atoms with E-state index < -0.39 is 0 Å². The summed E-state index contributed by atoms with van der Waals surface area (Å²) in [5.74, 6) is 2.61. The molecule has 5 nitrogen and oxygen atoms in total. The zero-order valence-electron chi connectivity index (χ0n) is 15.5. The van der Waals surface area contributed by atoms with Gasteiger partial charge in [-0.15, -0.1) is 10.2 Å². The molecule has 2 aromatic carbocycles. The van der Waals surface area contributed by atoms with Gasteiger partial charge in [-0.3, -0.25) is 4.40 Å². The Morgan fingerprint density at radius 3 is 2.48 bits per heavy atom. The molecule has 1 fully saturated rings. The van der Waals surface area contributed by atoms with Gasteiger partial charge in [-0.2, -0.15) is 0 Å². The van der Waals surface area contributed by atoms with Crippen LogP contribution in [0.2, 0.25) is 0 Å². The maximum absolute atomic E-state index is 4.95. The normalized spacial score (nSPS) is 15.7. The Morgan fingerprint density at radius 1 is 0.926 bits per heavy atom. The van der Waals surface area contributed by atoms with Crippen LogP contribution in [0.15, 0.2) is 54.6 Å². The fraction of sp³-hybridized carbons (Fsp3) is 0.318. The van der Waals surface area contributed by atoms with Crippen LogP contribution in [0.3, 0.4) is 0 Å². The SMILES string of the molecule is Cc1nnc2c(N3CCC(Cc4ccccc4)CC3)nc3ccccc3n12. The molecule has 1 aliphatic rings. The summed E-state index contributed by atoms with van der Waals surface area (Å²) in [5, 5.41) is 8.76. The zero-order chi connectivity index (χ0) is 18.2. The van der Waals surface area contributed by atoms with Gasteiger partial charge >= 0.3 is 0 Å². The first kappa shape index (κ1) is 16.2. The predicted octanol–water partition coefficient (Wildman–Crippen LogP) is 4.05. The first-order valence-corrected chi connectivity index (χ1v) is 9.69. The van der Waals surface area contributed by atoms with Crippen molar-refractivity contribution < 1.29 is 0 Å². The maximum Gasteiger partial charge on any atom is 0.204 e. The van der Waals surface area contributed by atoms with E-state index in [0.717, 1.165) is 47.3 Å². The molecule has 5 heteroatoms. The number of rotatable bonds is 3. The highest BCUT2D eigenvalue weighted by atomic mass is 15.3. The molecule has 136 valence electrons. The molecule has 2 aromatic heterocycles. The Bertz CT molecular complexity index is 1080. The van der Waals surface area contributed by atoms with Crippen molar-refractivity contribution in [1.82, 2.24) is 19.6 Å². The third-order valence-corrected chi connectivity index (χ3v) is 5.66. The third kappa shape index (κ3) is 2.93. The molecular weight excluding hydrogens is 334 g/mol. The highest BCUT2D eigenvalue weighted by molar-refractivity contribution is 5.83. The summed E-state index contributed by atoms with van der Waals surface area (Å²) >= 11 is 0. The number of aryl methyl sites for hydroxylation is 1. The first-order chi connectivity index (χ1) is 13.3. The summed E-state index contributed by atoms with van der Waals surface area (Å²) in [6, 6.07) is 19.1. The van der Waals surface area contributed by atoms with Crippen molar-refractivity contribution in [2.45, 2.75) is 26.2 Å². The van der Waals surface area contributed by atoms with Crippen LogP contribution in [0, 0.1) is 12.8 Å². The van der Waals surface area contributed by atoms with Gasteiger partial charge in [0.1, 0.15) is 5.82 Å². The van der Waals surface area contributed by atoms with Gasteiger partial charge in [0.2, 0.25) is 5.65 Å². The predicted molar refractivity (Wildman–Crippen MR) is 108 cm³/mol. The monoisotopic (exact) mass is 357 g/mol. The van der Waals surface area contributed by atoms with Gasteiger partial charge in [-0.1, -0.05) is 42.5 Å². The van der Waals surface area contributed by atoms with Crippen LogP contribution in [0.25, 0.3) is 16.7 Å². The van der Waals surface area contributed by atoms with Crippen molar-refractivity contribution in [3.63, 3.8) is 0 Å². The third-order valence-electron chi connectivity index (χ3n) is 5.66. The number of benzene rings is 2. The van der Waals surface area contributed by atoms with Crippen LogP contribution in [-0.4, -0.2) is 32.7 Å². The molecule has 0 atom stereocenters. The van der Waals surface area contributed by atoms with E-state index in [9.17, 15) is 0 Å². The maximum atomic E-state index is 4.95. The zero-order valence-corrected chi connectivity index (χ0v) is 15.5. The van der Waals surface area contributed by atoms with Crippen LogP contribution < -0.4 is 4.90 Å². The average Bonchev–Trinajstić information content (AvgIpc) is 3.11. The van der Waals surface area contributed by atoms with E-state index in [1.54, 1.807) is 0 Å². The molecule has 0 radical (unpaired) electrons. The van der Waals surface area contributed by atoms with E-state index in [2.05, 4.69) is 62.0 Å². The van der Waals surface area contributed by atoms with Crippen molar-refractivity contribution in [2.24, 2.45) is 5.92 Å². The van der Waals surface area contributed by atoms with Gasteiger partial charge in [-0.25, -0.2) is 4.98 Å². The second-order valence-corrected chi connectivity index (χ2v) is 7.45. The molecule has 0 saturated carbocycles. The Morgan fingerprint density at radius 2 is 1.67 bits per heavy atom. The largest absolute Gasteiger partial charge is 0.353 e. The Balaban J connectivity index is 1.43. The van der Waals surface area contributed by atoms with Crippen LogP contribution in [0.1, 0.15) is 24.2 Å². The molecule has 1 aliphatic heterocycles. The summed E-state index contributed by atoms with van der Waals surface area (Å²) in [6.45, 7) is 4.04. The van der Waals surface area contributed by atoms with E-state index in [1.165, 1.54) is 24.8 Å². The van der Waals surface area contributed by atoms with Crippen LogP contribution in [-0.2, 0) is 6.42 Å². The summed E-state index contributed by atoms with van der Waals surface area (Å²) in [7, 11) is 0. The Kier molecular flexibility index (Phi) is 4.00. The lowest BCUT2D eigenvalue weighted by molar-refractivity contribution is 0.402. The van der Waals surface area contributed by atoms with E-state index in [-0.39, 0.29) is 0 Å². The number of piperidine rings is 1. The fourth-order valence-corrected chi connectivity index (χ4v) is 4.22. The minimum Gasteiger partial charge on any atom is -0.353 e. The second-order valence-electron chi connectivity index (χ2n) is 7.45. The molecule has 4 aromatic rings.